The molecule has 71 heavy (non-hydrogen) atoms. The van der Waals surface area contributed by atoms with Crippen molar-refractivity contribution < 1.29 is 100 Å². The number of ether oxygens (including phenoxy) is 11. The Balaban J connectivity index is 1.19. The Morgan fingerprint density at radius 2 is 1.14 bits per heavy atom. The molecule has 6 rings (SSSR count). The zero-order valence-electron chi connectivity index (χ0n) is 42.7. The number of esters is 8. The van der Waals surface area contributed by atoms with E-state index in [1.807, 2.05) is 6.92 Å². The highest BCUT2D eigenvalue weighted by molar-refractivity contribution is 5.88. The molecule has 6 fully saturated rings. The van der Waals surface area contributed by atoms with Crippen LogP contribution in [-0.4, -0.2) is 140 Å². The molecule has 18 unspecified atom stereocenters. The minimum atomic E-state index is -2.12. The summed E-state index contributed by atoms with van der Waals surface area (Å²) >= 11 is 0. The first kappa shape index (κ1) is 55.3. The average Bonchev–Trinajstić information content (AvgIpc) is 3.62. The van der Waals surface area contributed by atoms with Gasteiger partial charge in [0.1, 0.15) is 23.9 Å². The molecule has 1 aliphatic heterocycles. The second kappa shape index (κ2) is 21.2. The molecular formula is C50H70O21. The minimum Gasteiger partial charge on any atom is -0.469 e. The molecule has 0 bridgehead atoms. The lowest BCUT2D eigenvalue weighted by atomic mass is 9.44. The fourth-order valence-electron chi connectivity index (χ4n) is 13.7. The summed E-state index contributed by atoms with van der Waals surface area (Å²) in [5, 5.41) is 0. The van der Waals surface area contributed by atoms with Gasteiger partial charge in [0.25, 0.3) is 0 Å². The fourth-order valence-corrected chi connectivity index (χ4v) is 13.7. The van der Waals surface area contributed by atoms with E-state index in [0.717, 1.165) is 48.1 Å². The first-order chi connectivity index (χ1) is 33.1. The highest BCUT2D eigenvalue weighted by Crippen LogP contribution is 2.67. The lowest BCUT2D eigenvalue weighted by Gasteiger charge is -2.60. The standard InChI is InChI=1S/C50H70O21/c1-23(51)64-38-32(45(59)61-11)20-49(9,43(68-27(5)55)40(38)66-25(3)53)70-30-17-18-47(7)29(19-30)13-14-31-33-15-16-34(48(33,8)21-35(57)37(31)47)36(58)22-63-50(10)44(69-28(6)56)41(67-26(4)54)39(65-24(2)52)42(71-50)46(60)62-12/h29-34,37-44H,13-22H2,1-12H3. The van der Waals surface area contributed by atoms with Crippen molar-refractivity contribution in [2.45, 2.75) is 187 Å². The highest BCUT2D eigenvalue weighted by Gasteiger charge is 2.66. The van der Waals surface area contributed by atoms with Gasteiger partial charge in [-0.1, -0.05) is 13.8 Å². The number of hydrogen-bond acceptors (Lipinski definition) is 21. The van der Waals surface area contributed by atoms with Gasteiger partial charge in [0.15, 0.2) is 48.5 Å². The van der Waals surface area contributed by atoms with Crippen LogP contribution in [0.1, 0.15) is 127 Å². The molecule has 21 heteroatoms. The Hall–Kier alpha value is -5.02. The van der Waals surface area contributed by atoms with Crippen molar-refractivity contribution in [2.75, 3.05) is 20.8 Å². The number of ketones is 2. The van der Waals surface area contributed by atoms with Crippen molar-refractivity contribution in [3.63, 3.8) is 0 Å². The van der Waals surface area contributed by atoms with Crippen molar-refractivity contribution in [1.82, 2.24) is 0 Å². The van der Waals surface area contributed by atoms with Crippen LogP contribution >= 0.6 is 0 Å². The number of carbonyl (C=O) groups is 10. The van der Waals surface area contributed by atoms with Gasteiger partial charge < -0.3 is 52.1 Å². The third-order valence-corrected chi connectivity index (χ3v) is 16.4. The van der Waals surface area contributed by atoms with Crippen molar-refractivity contribution >= 4 is 59.3 Å². The van der Waals surface area contributed by atoms with Crippen molar-refractivity contribution in [1.29, 1.82) is 0 Å². The van der Waals surface area contributed by atoms with E-state index in [1.165, 1.54) is 21.0 Å². The third kappa shape index (κ3) is 11.0. The summed E-state index contributed by atoms with van der Waals surface area (Å²) in [6.07, 6.45) is -6.74. The second-order valence-electron chi connectivity index (χ2n) is 21.2. The van der Waals surface area contributed by atoms with E-state index < -0.39 is 137 Å². The maximum atomic E-state index is 14.8. The largest absolute Gasteiger partial charge is 0.469 e. The predicted molar refractivity (Wildman–Crippen MR) is 239 cm³/mol. The summed E-state index contributed by atoms with van der Waals surface area (Å²) in [5.74, 6) is -11.0. The molecule has 5 aliphatic carbocycles. The molecule has 1 saturated heterocycles. The topological polar surface area (TPSA) is 272 Å². The zero-order valence-corrected chi connectivity index (χ0v) is 42.7. The van der Waals surface area contributed by atoms with Crippen LogP contribution in [0.4, 0.5) is 0 Å². The maximum Gasteiger partial charge on any atom is 0.339 e. The molecule has 21 nitrogen and oxygen atoms in total. The van der Waals surface area contributed by atoms with E-state index >= 15 is 0 Å². The van der Waals surface area contributed by atoms with Crippen LogP contribution < -0.4 is 0 Å². The molecular weight excluding hydrogens is 937 g/mol. The summed E-state index contributed by atoms with van der Waals surface area (Å²) in [6.45, 7) is 13.2. The van der Waals surface area contributed by atoms with Gasteiger partial charge in [-0.25, -0.2) is 4.79 Å². The molecule has 0 aromatic rings. The van der Waals surface area contributed by atoms with Gasteiger partial charge >= 0.3 is 47.8 Å². The molecule has 6 aliphatic rings. The summed E-state index contributed by atoms with van der Waals surface area (Å²) in [5.41, 5.74) is -2.58. The molecule has 0 aromatic carbocycles. The SMILES string of the molecule is COC(=O)C1CC(C)(OC2CCC3(C)C(CCC4C5CCC(C(=O)COC6(C)OC(C(=O)OC)C(OC(C)=O)C(OC(C)=O)C6OC(C)=O)C5(C)CC(=O)C43)C2)C(OC(C)=O)C(OC(C)=O)C1OC(C)=O. The van der Waals surface area contributed by atoms with Gasteiger partial charge in [-0.3, -0.25) is 43.2 Å². The van der Waals surface area contributed by atoms with Crippen LogP contribution in [0.2, 0.25) is 0 Å². The smallest absolute Gasteiger partial charge is 0.339 e. The first-order valence-corrected chi connectivity index (χ1v) is 24.4. The maximum absolute atomic E-state index is 14.8. The van der Waals surface area contributed by atoms with Crippen LogP contribution in [-0.2, 0) is 100 Å². The number of Topliss-reactive ketones (excluding diaryl/α,β-unsaturated/α-hetero) is 2. The van der Waals surface area contributed by atoms with Gasteiger partial charge in [0.2, 0.25) is 5.79 Å². The summed E-state index contributed by atoms with van der Waals surface area (Å²) < 4.78 is 62.6. The quantitative estimate of drug-likeness (QED) is 0.177. The van der Waals surface area contributed by atoms with Gasteiger partial charge in [-0.2, -0.15) is 0 Å². The lowest BCUT2D eigenvalue weighted by Crippen LogP contribution is -2.68. The van der Waals surface area contributed by atoms with Crippen molar-refractivity contribution in [3.05, 3.63) is 0 Å². The highest BCUT2D eigenvalue weighted by atomic mass is 16.8. The van der Waals surface area contributed by atoms with Crippen LogP contribution in [0.3, 0.4) is 0 Å². The van der Waals surface area contributed by atoms with Crippen LogP contribution in [0.5, 0.6) is 0 Å². The van der Waals surface area contributed by atoms with Crippen LogP contribution in [0.25, 0.3) is 0 Å². The number of rotatable bonds is 14. The average molecular weight is 1010 g/mol. The predicted octanol–water partition coefficient (Wildman–Crippen LogP) is 3.63. The van der Waals surface area contributed by atoms with E-state index in [9.17, 15) is 47.9 Å². The molecule has 0 N–H and O–H groups in total. The number of hydrogen-bond donors (Lipinski definition) is 0. The van der Waals surface area contributed by atoms with E-state index in [1.54, 1.807) is 6.92 Å². The van der Waals surface area contributed by atoms with Crippen molar-refractivity contribution in [3.8, 4) is 0 Å². The number of carbonyl (C=O) groups excluding carboxylic acids is 10. The lowest BCUT2D eigenvalue weighted by molar-refractivity contribution is -0.349. The number of fused-ring (bicyclic) bond motifs is 5. The van der Waals surface area contributed by atoms with Crippen molar-refractivity contribution in [2.24, 2.45) is 46.3 Å². The van der Waals surface area contributed by atoms with Gasteiger partial charge in [0.05, 0.1) is 20.3 Å². The summed E-state index contributed by atoms with van der Waals surface area (Å²) in [4.78, 5) is 130. The Morgan fingerprint density at radius 3 is 1.70 bits per heavy atom. The molecule has 0 aromatic heterocycles. The van der Waals surface area contributed by atoms with Gasteiger partial charge in [0, 0.05) is 59.8 Å². The Kier molecular flexibility index (Phi) is 16.5. The van der Waals surface area contributed by atoms with Gasteiger partial charge in [-0.15, -0.1) is 0 Å². The van der Waals surface area contributed by atoms with E-state index in [2.05, 4.69) is 6.92 Å². The van der Waals surface area contributed by atoms with Gasteiger partial charge in [-0.05, 0) is 93.8 Å². The Labute approximate surface area is 412 Å². The fraction of sp³-hybridized carbons (Fsp3) is 0.800. The summed E-state index contributed by atoms with van der Waals surface area (Å²) in [7, 11) is 2.25. The molecule has 1 heterocycles. The number of methoxy groups -OCH3 is 2. The Morgan fingerprint density at radius 1 is 0.606 bits per heavy atom. The van der Waals surface area contributed by atoms with Crippen LogP contribution in [0.15, 0.2) is 0 Å². The third-order valence-electron chi connectivity index (χ3n) is 16.4. The molecule has 0 radical (unpaired) electrons. The summed E-state index contributed by atoms with van der Waals surface area (Å²) in [6, 6.07) is 0. The molecule has 5 saturated carbocycles. The monoisotopic (exact) mass is 1010 g/mol. The van der Waals surface area contributed by atoms with E-state index in [-0.39, 0.29) is 48.1 Å². The first-order valence-electron chi connectivity index (χ1n) is 24.4. The molecule has 396 valence electrons. The minimum absolute atomic E-state index is 0.00650. The van der Waals surface area contributed by atoms with E-state index in [4.69, 9.17) is 52.1 Å². The zero-order chi connectivity index (χ0) is 52.7. The van der Waals surface area contributed by atoms with E-state index in [0.29, 0.717) is 38.5 Å². The Bertz CT molecular complexity index is 2140. The second-order valence-corrected chi connectivity index (χ2v) is 21.2. The molecule has 18 atom stereocenters. The molecule has 0 amide bonds. The normalized spacial score (nSPS) is 40.5. The van der Waals surface area contributed by atoms with Crippen LogP contribution in [0, 0.1) is 46.3 Å². The molecule has 0 spiro atoms.